The third-order valence-electron chi connectivity index (χ3n) is 4.99. The molecule has 4 rings (SSSR count). The lowest BCUT2D eigenvalue weighted by Gasteiger charge is -2.28. The van der Waals surface area contributed by atoms with Crippen molar-refractivity contribution in [3.63, 3.8) is 0 Å². The lowest BCUT2D eigenvalue weighted by atomic mass is 10.3. The molecule has 8 nitrogen and oxygen atoms in total. The Bertz CT molecular complexity index is 1070. The molecule has 0 bridgehead atoms. The molecule has 0 radical (unpaired) electrons. The van der Waals surface area contributed by atoms with Crippen molar-refractivity contribution in [3.05, 3.63) is 54.3 Å². The van der Waals surface area contributed by atoms with Crippen LogP contribution < -0.4 is 15.0 Å². The van der Waals surface area contributed by atoms with Crippen molar-refractivity contribution in [3.8, 4) is 11.4 Å². The fourth-order valence-corrected chi connectivity index (χ4v) is 4.14. The molecule has 0 spiro atoms. The van der Waals surface area contributed by atoms with Gasteiger partial charge in [-0.05, 0) is 49.4 Å². The van der Waals surface area contributed by atoms with Crippen molar-refractivity contribution in [1.82, 2.24) is 14.8 Å². The lowest BCUT2D eigenvalue weighted by molar-refractivity contribution is -0.115. The second-order valence-corrected chi connectivity index (χ2v) is 8.48. The molecular weight excluding hydrogens is 433 g/mol. The number of halogens is 1. The second-order valence-electron chi connectivity index (χ2n) is 7.18. The van der Waals surface area contributed by atoms with E-state index in [4.69, 9.17) is 9.47 Å². The van der Waals surface area contributed by atoms with Gasteiger partial charge >= 0.3 is 0 Å². The number of nitrogens with zero attached hydrogens (tertiary/aromatic N) is 4. The molecule has 2 heterocycles. The molecule has 0 aliphatic carbocycles. The summed E-state index contributed by atoms with van der Waals surface area (Å²) in [5, 5.41) is 11.6. The van der Waals surface area contributed by atoms with Crippen LogP contribution in [0.2, 0.25) is 0 Å². The zero-order chi connectivity index (χ0) is 22.5. The number of anilines is 2. The highest BCUT2D eigenvalue weighted by Crippen LogP contribution is 2.30. The van der Waals surface area contributed by atoms with E-state index in [0.717, 1.165) is 0 Å². The molecule has 32 heavy (non-hydrogen) atoms. The smallest absolute Gasteiger partial charge is 0.237 e. The quantitative estimate of drug-likeness (QED) is 0.545. The van der Waals surface area contributed by atoms with E-state index in [1.165, 1.54) is 23.9 Å². The molecule has 1 fully saturated rings. The molecule has 1 unspecified atom stereocenters. The number of rotatable bonds is 7. The number of carbonyl (C=O) groups excluding carboxylic acids is 1. The van der Waals surface area contributed by atoms with Gasteiger partial charge < -0.3 is 19.7 Å². The number of benzene rings is 2. The van der Waals surface area contributed by atoms with Crippen LogP contribution in [0.3, 0.4) is 0 Å². The van der Waals surface area contributed by atoms with E-state index in [0.29, 0.717) is 54.5 Å². The van der Waals surface area contributed by atoms with E-state index in [9.17, 15) is 9.18 Å². The molecule has 1 N–H and O–H groups in total. The van der Waals surface area contributed by atoms with E-state index < -0.39 is 5.25 Å². The van der Waals surface area contributed by atoms with Gasteiger partial charge in [0.15, 0.2) is 5.16 Å². The van der Waals surface area contributed by atoms with Gasteiger partial charge in [-0.1, -0.05) is 17.8 Å². The number of hydrogen-bond donors (Lipinski definition) is 1. The number of hydrogen-bond acceptors (Lipinski definition) is 7. The first-order chi connectivity index (χ1) is 15.5. The maximum absolute atomic E-state index is 14.0. The highest BCUT2D eigenvalue weighted by Gasteiger charge is 2.25. The van der Waals surface area contributed by atoms with Crippen molar-refractivity contribution in [2.24, 2.45) is 0 Å². The molecular formula is C22H24FN5O3S. The number of methoxy groups -OCH3 is 1. The average molecular weight is 458 g/mol. The highest BCUT2D eigenvalue weighted by atomic mass is 32.2. The molecule has 168 valence electrons. The average Bonchev–Trinajstić information content (AvgIpc) is 3.23. The van der Waals surface area contributed by atoms with Gasteiger partial charge in [0, 0.05) is 18.8 Å². The Kier molecular flexibility index (Phi) is 6.91. The highest BCUT2D eigenvalue weighted by molar-refractivity contribution is 8.00. The summed E-state index contributed by atoms with van der Waals surface area (Å²) in [6, 6.07) is 13.4. The summed E-state index contributed by atoms with van der Waals surface area (Å²) in [6.07, 6.45) is 0. The first-order valence-electron chi connectivity index (χ1n) is 10.2. The summed E-state index contributed by atoms with van der Waals surface area (Å²) >= 11 is 1.26. The number of carbonyl (C=O) groups is 1. The van der Waals surface area contributed by atoms with Crippen molar-refractivity contribution in [2.75, 3.05) is 43.6 Å². The topological polar surface area (TPSA) is 81.5 Å². The third kappa shape index (κ3) is 5.03. The summed E-state index contributed by atoms with van der Waals surface area (Å²) in [7, 11) is 1.59. The monoisotopic (exact) mass is 457 g/mol. The zero-order valence-electron chi connectivity index (χ0n) is 17.8. The first-order valence-corrected chi connectivity index (χ1v) is 11.1. The lowest BCUT2D eigenvalue weighted by Crippen LogP contribution is -2.38. The number of morpholine rings is 1. The Labute approximate surface area is 189 Å². The Morgan fingerprint density at radius 2 is 1.94 bits per heavy atom. The summed E-state index contributed by atoms with van der Waals surface area (Å²) < 4.78 is 26.4. The van der Waals surface area contributed by atoms with E-state index in [-0.39, 0.29) is 11.7 Å². The molecule has 1 amide bonds. The van der Waals surface area contributed by atoms with E-state index in [2.05, 4.69) is 15.5 Å². The second kappa shape index (κ2) is 10.0. The van der Waals surface area contributed by atoms with Crippen LogP contribution in [0.15, 0.2) is 53.7 Å². The van der Waals surface area contributed by atoms with Crippen LogP contribution >= 0.6 is 11.8 Å². The van der Waals surface area contributed by atoms with Gasteiger partial charge in [-0.3, -0.25) is 9.36 Å². The molecule has 1 aliphatic rings. The van der Waals surface area contributed by atoms with Crippen LogP contribution in [0.4, 0.5) is 16.0 Å². The maximum Gasteiger partial charge on any atom is 0.237 e. The van der Waals surface area contributed by atoms with Crippen molar-refractivity contribution in [1.29, 1.82) is 0 Å². The predicted octanol–water partition coefficient (Wildman–Crippen LogP) is 3.37. The SMILES string of the molecule is COc1ccc(NC(=O)C(C)Sc2nnc(N3CCOCC3)n2-c2cccc(F)c2)cc1. The van der Waals surface area contributed by atoms with Gasteiger partial charge in [-0.15, -0.1) is 10.2 Å². The molecule has 2 aromatic carbocycles. The molecule has 0 saturated carbocycles. The molecule has 1 aromatic heterocycles. The standard InChI is InChI=1S/C22H24FN5O3S/c1-15(20(29)24-17-6-8-19(30-2)9-7-17)32-22-26-25-21(27-10-12-31-13-11-27)28(22)18-5-3-4-16(23)14-18/h3-9,14-15H,10-13H2,1-2H3,(H,24,29). The summed E-state index contributed by atoms with van der Waals surface area (Å²) in [5.41, 5.74) is 1.27. The summed E-state index contributed by atoms with van der Waals surface area (Å²) in [6.45, 7) is 4.28. The van der Waals surface area contributed by atoms with Crippen LogP contribution in [0.1, 0.15) is 6.92 Å². The minimum absolute atomic E-state index is 0.179. The van der Waals surface area contributed by atoms with Gasteiger partial charge in [0.25, 0.3) is 0 Å². The van der Waals surface area contributed by atoms with Crippen LogP contribution in [0, 0.1) is 5.82 Å². The van der Waals surface area contributed by atoms with Gasteiger partial charge in [0.05, 0.1) is 31.3 Å². The minimum atomic E-state index is -0.467. The van der Waals surface area contributed by atoms with E-state index in [1.54, 1.807) is 55.0 Å². The van der Waals surface area contributed by atoms with Crippen molar-refractivity contribution in [2.45, 2.75) is 17.3 Å². The zero-order valence-corrected chi connectivity index (χ0v) is 18.6. The molecule has 1 saturated heterocycles. The Morgan fingerprint density at radius 1 is 1.19 bits per heavy atom. The minimum Gasteiger partial charge on any atom is -0.497 e. The normalized spacial score (nSPS) is 14.8. The van der Waals surface area contributed by atoms with Crippen LogP contribution in [-0.4, -0.2) is 59.3 Å². The fourth-order valence-electron chi connectivity index (χ4n) is 3.28. The number of aromatic nitrogens is 3. The number of nitrogens with one attached hydrogen (secondary N) is 1. The maximum atomic E-state index is 14.0. The summed E-state index contributed by atoms with van der Waals surface area (Å²) in [4.78, 5) is 14.8. The largest absolute Gasteiger partial charge is 0.497 e. The predicted molar refractivity (Wildman–Crippen MR) is 121 cm³/mol. The van der Waals surface area contributed by atoms with Crippen LogP contribution in [0.5, 0.6) is 5.75 Å². The summed E-state index contributed by atoms with van der Waals surface area (Å²) in [5.74, 6) is 0.778. The molecule has 1 aliphatic heterocycles. The van der Waals surface area contributed by atoms with Crippen LogP contribution in [0.25, 0.3) is 5.69 Å². The van der Waals surface area contributed by atoms with Gasteiger partial charge in [-0.2, -0.15) is 0 Å². The third-order valence-corrected chi connectivity index (χ3v) is 6.03. The van der Waals surface area contributed by atoms with Crippen LogP contribution in [-0.2, 0) is 9.53 Å². The number of thioether (sulfide) groups is 1. The Morgan fingerprint density at radius 3 is 2.62 bits per heavy atom. The van der Waals surface area contributed by atoms with E-state index in [1.807, 2.05) is 4.90 Å². The van der Waals surface area contributed by atoms with E-state index >= 15 is 0 Å². The first kappa shape index (κ1) is 22.1. The molecule has 3 aromatic rings. The Hall–Kier alpha value is -3.11. The molecule has 10 heteroatoms. The Balaban J connectivity index is 1.56. The van der Waals surface area contributed by atoms with Gasteiger partial charge in [0.1, 0.15) is 11.6 Å². The van der Waals surface area contributed by atoms with Gasteiger partial charge in [0.2, 0.25) is 11.9 Å². The van der Waals surface area contributed by atoms with Crippen molar-refractivity contribution < 1.29 is 18.7 Å². The van der Waals surface area contributed by atoms with Gasteiger partial charge in [-0.25, -0.2) is 4.39 Å². The molecule has 1 atom stereocenters. The fraction of sp³-hybridized carbons (Fsp3) is 0.318. The number of ether oxygens (including phenoxy) is 2. The van der Waals surface area contributed by atoms with Crippen molar-refractivity contribution >= 4 is 29.3 Å². The number of amides is 1.